The summed E-state index contributed by atoms with van der Waals surface area (Å²) < 4.78 is 16.9. The maximum absolute atomic E-state index is 6.07. The molecule has 0 radical (unpaired) electrons. The second-order valence-corrected chi connectivity index (χ2v) is 8.11. The van der Waals surface area contributed by atoms with Gasteiger partial charge in [-0.05, 0) is 69.2 Å². The maximum atomic E-state index is 6.07. The normalized spacial score (nSPS) is 16.5. The van der Waals surface area contributed by atoms with E-state index in [0.717, 1.165) is 65.5 Å². The molecule has 2 fully saturated rings. The van der Waals surface area contributed by atoms with E-state index in [1.165, 1.54) is 12.8 Å². The Hall–Kier alpha value is -2.63. The number of hydrogen-bond acceptors (Lipinski definition) is 6. The van der Waals surface area contributed by atoms with Crippen molar-refractivity contribution in [1.82, 2.24) is 15.3 Å². The first-order valence-electron chi connectivity index (χ1n) is 10.2. The summed E-state index contributed by atoms with van der Waals surface area (Å²) in [4.78, 5) is 4.55. The van der Waals surface area contributed by atoms with Gasteiger partial charge in [0.2, 0.25) is 11.7 Å². The fourth-order valence-electron chi connectivity index (χ4n) is 3.59. The molecule has 6 heteroatoms. The lowest BCUT2D eigenvalue weighted by Gasteiger charge is -2.13. The summed E-state index contributed by atoms with van der Waals surface area (Å²) in [5.74, 6) is 4.43. The van der Waals surface area contributed by atoms with Crippen molar-refractivity contribution in [3.8, 4) is 17.1 Å². The van der Waals surface area contributed by atoms with Crippen LogP contribution in [0.3, 0.4) is 0 Å². The van der Waals surface area contributed by atoms with Crippen LogP contribution in [0.25, 0.3) is 11.4 Å². The van der Waals surface area contributed by atoms with Crippen molar-refractivity contribution in [3.63, 3.8) is 0 Å². The molecule has 0 N–H and O–H groups in total. The number of aromatic nitrogens is 3. The fraction of sp³-hybridized carbons (Fsp3) is 0.500. The van der Waals surface area contributed by atoms with Crippen LogP contribution < -0.4 is 4.74 Å². The molecule has 0 saturated heterocycles. The van der Waals surface area contributed by atoms with E-state index < -0.39 is 0 Å². The lowest BCUT2D eigenvalue weighted by atomic mass is 10.1. The molecule has 0 aliphatic heterocycles. The van der Waals surface area contributed by atoms with Crippen LogP contribution in [0.2, 0.25) is 0 Å². The van der Waals surface area contributed by atoms with E-state index in [2.05, 4.69) is 47.3 Å². The third-order valence-electron chi connectivity index (χ3n) is 5.47. The highest BCUT2D eigenvalue weighted by molar-refractivity contribution is 5.61. The number of aryl methyl sites for hydroxylation is 3. The second-order valence-electron chi connectivity index (χ2n) is 8.11. The lowest BCUT2D eigenvalue weighted by molar-refractivity contribution is 0.296. The summed E-state index contributed by atoms with van der Waals surface area (Å²) in [6, 6.07) is 6.24. The Kier molecular flexibility index (Phi) is 4.41. The fourth-order valence-corrected chi connectivity index (χ4v) is 3.59. The van der Waals surface area contributed by atoms with Crippen LogP contribution in [0.15, 0.2) is 27.2 Å². The molecular weight excluding hydrogens is 354 g/mol. The van der Waals surface area contributed by atoms with E-state index in [0.29, 0.717) is 24.3 Å². The third kappa shape index (κ3) is 3.68. The molecule has 2 heterocycles. The van der Waals surface area contributed by atoms with Crippen LogP contribution in [-0.2, 0) is 6.42 Å². The molecule has 6 nitrogen and oxygen atoms in total. The molecule has 5 rings (SSSR count). The van der Waals surface area contributed by atoms with Crippen molar-refractivity contribution in [3.05, 3.63) is 46.7 Å². The molecule has 0 bridgehead atoms. The van der Waals surface area contributed by atoms with E-state index in [-0.39, 0.29) is 0 Å². The van der Waals surface area contributed by atoms with Crippen molar-refractivity contribution in [2.45, 2.75) is 64.2 Å². The third-order valence-corrected chi connectivity index (χ3v) is 5.47. The molecule has 1 aromatic carbocycles. The molecule has 2 aromatic heterocycles. The number of rotatable bonds is 8. The van der Waals surface area contributed by atoms with Gasteiger partial charge in [0.15, 0.2) is 0 Å². The Bertz CT molecular complexity index is 960. The van der Waals surface area contributed by atoms with Crippen molar-refractivity contribution in [2.24, 2.45) is 0 Å². The molecule has 2 aliphatic carbocycles. The molecule has 0 amide bonds. The molecule has 0 unspecified atom stereocenters. The van der Waals surface area contributed by atoms with Crippen LogP contribution in [0, 0.1) is 13.8 Å². The number of nitrogens with zero attached hydrogens (tertiary/aromatic N) is 3. The summed E-state index contributed by atoms with van der Waals surface area (Å²) in [6.07, 6.45) is 6.55. The number of ether oxygens (including phenoxy) is 1. The first-order valence-corrected chi connectivity index (χ1v) is 10.2. The maximum Gasteiger partial charge on any atom is 0.230 e. The minimum Gasteiger partial charge on any atom is -0.493 e. The summed E-state index contributed by atoms with van der Waals surface area (Å²) in [6.45, 7) is 4.77. The van der Waals surface area contributed by atoms with Crippen molar-refractivity contribution < 1.29 is 13.8 Å². The van der Waals surface area contributed by atoms with E-state index in [4.69, 9.17) is 13.8 Å². The van der Waals surface area contributed by atoms with Gasteiger partial charge < -0.3 is 13.8 Å². The molecule has 2 aliphatic rings. The van der Waals surface area contributed by atoms with Gasteiger partial charge in [-0.3, -0.25) is 0 Å². The predicted molar refractivity (Wildman–Crippen MR) is 103 cm³/mol. The summed E-state index contributed by atoms with van der Waals surface area (Å²) in [7, 11) is 0. The van der Waals surface area contributed by atoms with Gasteiger partial charge in [-0.2, -0.15) is 4.98 Å². The molecule has 2 saturated carbocycles. The van der Waals surface area contributed by atoms with Crippen molar-refractivity contribution in [2.75, 3.05) is 6.61 Å². The van der Waals surface area contributed by atoms with Crippen LogP contribution >= 0.6 is 0 Å². The van der Waals surface area contributed by atoms with E-state index in [1.54, 1.807) is 0 Å². The Morgan fingerprint density at radius 3 is 2.43 bits per heavy atom. The Morgan fingerprint density at radius 2 is 1.71 bits per heavy atom. The van der Waals surface area contributed by atoms with Gasteiger partial charge >= 0.3 is 0 Å². The Morgan fingerprint density at radius 1 is 0.964 bits per heavy atom. The van der Waals surface area contributed by atoms with Gasteiger partial charge in [0, 0.05) is 29.9 Å². The topological polar surface area (TPSA) is 74.2 Å². The minimum atomic E-state index is 0.468. The first kappa shape index (κ1) is 17.5. The summed E-state index contributed by atoms with van der Waals surface area (Å²) in [5, 5.41) is 8.31. The van der Waals surface area contributed by atoms with Crippen molar-refractivity contribution in [1.29, 1.82) is 0 Å². The van der Waals surface area contributed by atoms with Crippen LogP contribution in [0.4, 0.5) is 0 Å². The number of hydrogen-bond donors (Lipinski definition) is 0. The molecule has 0 spiro atoms. The zero-order chi connectivity index (χ0) is 19.1. The van der Waals surface area contributed by atoms with Crippen LogP contribution in [-0.4, -0.2) is 21.9 Å². The average molecular weight is 379 g/mol. The van der Waals surface area contributed by atoms with Crippen LogP contribution in [0.1, 0.15) is 72.4 Å². The lowest BCUT2D eigenvalue weighted by Crippen LogP contribution is -2.02. The van der Waals surface area contributed by atoms with Gasteiger partial charge in [-0.1, -0.05) is 10.3 Å². The minimum absolute atomic E-state index is 0.468. The Balaban J connectivity index is 1.19. The highest BCUT2D eigenvalue weighted by Gasteiger charge is 2.30. The first-order chi connectivity index (χ1) is 13.7. The molecule has 3 aromatic rings. The highest BCUT2D eigenvalue weighted by Crippen LogP contribution is 2.40. The SMILES string of the molecule is Cc1cc(-c2noc(C3CC3)n2)cc(C)c1OCCCc1cc(C2CC2)no1. The van der Waals surface area contributed by atoms with E-state index in [1.807, 2.05) is 0 Å². The van der Waals surface area contributed by atoms with Gasteiger partial charge in [0.25, 0.3) is 0 Å². The predicted octanol–water partition coefficient (Wildman–Crippen LogP) is 5.11. The van der Waals surface area contributed by atoms with Gasteiger partial charge in [0.05, 0.1) is 12.3 Å². The van der Waals surface area contributed by atoms with Crippen LogP contribution in [0.5, 0.6) is 5.75 Å². The average Bonchev–Trinajstić information content (AvgIpc) is 3.62. The van der Waals surface area contributed by atoms with E-state index >= 15 is 0 Å². The standard InChI is InChI=1S/C22H25N3O3/c1-13-10-17(21-23-22(28-25-21)16-7-8-16)11-14(2)20(13)26-9-3-4-18-12-19(24-27-18)15-5-6-15/h10-12,15-16H,3-9H2,1-2H3. The highest BCUT2D eigenvalue weighted by atomic mass is 16.5. The Labute approximate surface area is 164 Å². The van der Waals surface area contributed by atoms with E-state index in [9.17, 15) is 0 Å². The summed E-state index contributed by atoms with van der Waals surface area (Å²) >= 11 is 0. The molecule has 0 atom stereocenters. The van der Waals surface area contributed by atoms with Gasteiger partial charge in [-0.15, -0.1) is 0 Å². The zero-order valence-electron chi connectivity index (χ0n) is 16.4. The monoisotopic (exact) mass is 379 g/mol. The van der Waals surface area contributed by atoms with Crippen molar-refractivity contribution >= 4 is 0 Å². The van der Waals surface area contributed by atoms with Gasteiger partial charge in [0.1, 0.15) is 11.5 Å². The summed E-state index contributed by atoms with van der Waals surface area (Å²) in [5.41, 5.74) is 4.27. The van der Waals surface area contributed by atoms with Gasteiger partial charge in [-0.25, -0.2) is 0 Å². The number of benzene rings is 1. The smallest absolute Gasteiger partial charge is 0.230 e. The molecule has 28 heavy (non-hydrogen) atoms. The molecular formula is C22H25N3O3. The molecule has 146 valence electrons. The quantitative estimate of drug-likeness (QED) is 0.507. The zero-order valence-corrected chi connectivity index (χ0v) is 16.4. The largest absolute Gasteiger partial charge is 0.493 e. The second kappa shape index (κ2) is 7.08.